The first-order valence-corrected chi connectivity index (χ1v) is 6.08. The number of benzene rings is 1. The third-order valence-electron chi connectivity index (χ3n) is 4.02. The van der Waals surface area contributed by atoms with Crippen LogP contribution in [0.1, 0.15) is 31.2 Å². The van der Waals surface area contributed by atoms with Gasteiger partial charge in [0.2, 0.25) is 12.5 Å². The summed E-state index contributed by atoms with van der Waals surface area (Å²) in [5, 5.41) is 9.94. The molecule has 17 heavy (non-hydrogen) atoms. The summed E-state index contributed by atoms with van der Waals surface area (Å²) in [6.07, 6.45) is 4.57. The molecule has 3 rings (SSSR count). The molecule has 1 aromatic carbocycles. The van der Waals surface area contributed by atoms with Gasteiger partial charge in [0.15, 0.2) is 11.5 Å². The van der Waals surface area contributed by atoms with Gasteiger partial charge in [0, 0.05) is 12.0 Å². The van der Waals surface area contributed by atoms with Gasteiger partial charge in [-0.3, -0.25) is 0 Å². The van der Waals surface area contributed by atoms with Crippen LogP contribution in [-0.2, 0) is 5.41 Å². The number of nitrogens with two attached hydrogens (primary N) is 1. The van der Waals surface area contributed by atoms with Crippen molar-refractivity contribution in [2.75, 3.05) is 13.3 Å². The molecule has 0 spiro atoms. The maximum Gasteiger partial charge on any atom is 0.231 e. The minimum absolute atomic E-state index is 0.0124. The highest BCUT2D eigenvalue weighted by atomic mass is 16.7. The smallest absolute Gasteiger partial charge is 0.231 e. The van der Waals surface area contributed by atoms with Crippen molar-refractivity contribution in [3.05, 3.63) is 17.7 Å². The van der Waals surface area contributed by atoms with E-state index in [1.54, 1.807) is 6.07 Å². The maximum atomic E-state index is 9.94. The van der Waals surface area contributed by atoms with Crippen LogP contribution in [0.3, 0.4) is 0 Å². The van der Waals surface area contributed by atoms with E-state index in [0.717, 1.165) is 18.4 Å². The fourth-order valence-corrected chi connectivity index (χ4v) is 2.96. The quantitative estimate of drug-likeness (QED) is 0.821. The Morgan fingerprint density at radius 1 is 1.24 bits per heavy atom. The summed E-state index contributed by atoms with van der Waals surface area (Å²) < 4.78 is 10.6. The Kier molecular flexibility index (Phi) is 2.40. The van der Waals surface area contributed by atoms with E-state index < -0.39 is 0 Å². The molecule has 1 aliphatic carbocycles. The van der Waals surface area contributed by atoms with Gasteiger partial charge in [0.05, 0.1) is 0 Å². The molecule has 4 nitrogen and oxygen atoms in total. The number of phenols is 1. The maximum absolute atomic E-state index is 9.94. The standard InChI is InChI=1S/C13H17NO3/c14-7-13(3-1-2-4-13)9-5-10(15)12-11(6-9)16-8-17-12/h5-6,15H,1-4,7-8,14H2. The molecule has 1 aromatic rings. The van der Waals surface area contributed by atoms with Crippen LogP contribution in [0.4, 0.5) is 0 Å². The Morgan fingerprint density at radius 3 is 2.71 bits per heavy atom. The lowest BCUT2D eigenvalue weighted by atomic mass is 9.79. The van der Waals surface area contributed by atoms with Crippen LogP contribution in [0, 0.1) is 0 Å². The normalized spacial score (nSPS) is 20.8. The lowest BCUT2D eigenvalue weighted by Crippen LogP contribution is -2.31. The first-order valence-electron chi connectivity index (χ1n) is 6.08. The van der Waals surface area contributed by atoms with E-state index >= 15 is 0 Å². The predicted octanol–water partition coefficient (Wildman–Crippen LogP) is 1.89. The molecule has 1 heterocycles. The number of fused-ring (bicyclic) bond motifs is 1. The molecule has 4 heteroatoms. The van der Waals surface area contributed by atoms with Gasteiger partial charge in [0.1, 0.15) is 0 Å². The van der Waals surface area contributed by atoms with E-state index in [9.17, 15) is 5.11 Å². The van der Waals surface area contributed by atoms with Crippen LogP contribution < -0.4 is 15.2 Å². The van der Waals surface area contributed by atoms with Crippen LogP contribution in [0.2, 0.25) is 0 Å². The SMILES string of the molecule is NCC1(c2cc(O)c3c(c2)OCO3)CCCC1. The molecular weight excluding hydrogens is 218 g/mol. The van der Waals surface area contributed by atoms with Gasteiger partial charge in [-0.25, -0.2) is 0 Å². The highest BCUT2D eigenvalue weighted by molar-refractivity contribution is 5.56. The topological polar surface area (TPSA) is 64.7 Å². The van der Waals surface area contributed by atoms with Gasteiger partial charge >= 0.3 is 0 Å². The highest BCUT2D eigenvalue weighted by Gasteiger charge is 2.36. The third kappa shape index (κ3) is 1.55. The summed E-state index contributed by atoms with van der Waals surface area (Å²) in [5.74, 6) is 1.26. The highest BCUT2D eigenvalue weighted by Crippen LogP contribution is 2.47. The van der Waals surface area contributed by atoms with E-state index in [0.29, 0.717) is 18.0 Å². The molecule has 0 atom stereocenters. The number of ether oxygens (including phenoxy) is 2. The van der Waals surface area contributed by atoms with Crippen LogP contribution >= 0.6 is 0 Å². The molecule has 1 fully saturated rings. The van der Waals surface area contributed by atoms with Crippen molar-refractivity contribution < 1.29 is 14.6 Å². The Balaban J connectivity index is 2.06. The summed E-state index contributed by atoms with van der Waals surface area (Å²) in [6.45, 7) is 0.800. The second-order valence-electron chi connectivity index (χ2n) is 4.92. The van der Waals surface area contributed by atoms with Crippen molar-refractivity contribution in [1.29, 1.82) is 0 Å². The van der Waals surface area contributed by atoms with Gasteiger partial charge in [-0.05, 0) is 30.5 Å². The third-order valence-corrected chi connectivity index (χ3v) is 4.02. The lowest BCUT2D eigenvalue weighted by molar-refractivity contribution is 0.171. The molecule has 0 radical (unpaired) electrons. The zero-order valence-corrected chi connectivity index (χ0v) is 9.74. The zero-order chi connectivity index (χ0) is 11.9. The second-order valence-corrected chi connectivity index (χ2v) is 4.92. The first-order chi connectivity index (χ1) is 8.25. The molecule has 3 N–H and O–H groups in total. The van der Waals surface area contributed by atoms with Crippen LogP contribution in [0.5, 0.6) is 17.2 Å². The molecule has 0 unspecified atom stereocenters. The van der Waals surface area contributed by atoms with E-state index in [-0.39, 0.29) is 18.0 Å². The van der Waals surface area contributed by atoms with Crippen LogP contribution in [0.25, 0.3) is 0 Å². The fourth-order valence-electron chi connectivity index (χ4n) is 2.96. The monoisotopic (exact) mass is 235 g/mol. The number of aromatic hydroxyl groups is 1. The van der Waals surface area contributed by atoms with Crippen molar-refractivity contribution in [3.8, 4) is 17.2 Å². The van der Waals surface area contributed by atoms with Gasteiger partial charge in [-0.1, -0.05) is 12.8 Å². The fraction of sp³-hybridized carbons (Fsp3) is 0.538. The summed E-state index contributed by atoms with van der Waals surface area (Å²) in [5.41, 5.74) is 7.04. The summed E-state index contributed by atoms with van der Waals surface area (Å²) in [7, 11) is 0. The average molecular weight is 235 g/mol. The minimum atomic E-state index is 0.0124. The Bertz CT molecular complexity index is 439. The second kappa shape index (κ2) is 3.81. The number of hydrogen-bond acceptors (Lipinski definition) is 4. The molecule has 1 aliphatic heterocycles. The number of rotatable bonds is 2. The Morgan fingerprint density at radius 2 is 2.00 bits per heavy atom. The van der Waals surface area contributed by atoms with Crippen molar-refractivity contribution in [2.24, 2.45) is 5.73 Å². The van der Waals surface area contributed by atoms with Gasteiger partial charge in [0.25, 0.3) is 0 Å². The summed E-state index contributed by atoms with van der Waals surface area (Å²) in [4.78, 5) is 0. The predicted molar refractivity (Wildman–Crippen MR) is 63.4 cm³/mol. The average Bonchev–Trinajstić information content (AvgIpc) is 2.98. The number of phenolic OH excluding ortho intramolecular Hbond substituents is 1. The summed E-state index contributed by atoms with van der Waals surface area (Å²) >= 11 is 0. The van der Waals surface area contributed by atoms with Crippen LogP contribution in [-0.4, -0.2) is 18.4 Å². The van der Waals surface area contributed by atoms with E-state index in [2.05, 4.69) is 0 Å². The van der Waals surface area contributed by atoms with Crippen LogP contribution in [0.15, 0.2) is 12.1 Å². The van der Waals surface area contributed by atoms with Gasteiger partial charge in [-0.15, -0.1) is 0 Å². The van der Waals surface area contributed by atoms with E-state index in [1.165, 1.54) is 12.8 Å². The largest absolute Gasteiger partial charge is 0.504 e. The van der Waals surface area contributed by atoms with E-state index in [1.807, 2.05) is 6.07 Å². The molecule has 2 aliphatic rings. The zero-order valence-electron chi connectivity index (χ0n) is 9.74. The van der Waals surface area contributed by atoms with Crippen molar-refractivity contribution in [1.82, 2.24) is 0 Å². The molecular formula is C13H17NO3. The van der Waals surface area contributed by atoms with Crippen molar-refractivity contribution in [3.63, 3.8) is 0 Å². The van der Waals surface area contributed by atoms with E-state index in [4.69, 9.17) is 15.2 Å². The van der Waals surface area contributed by atoms with Gasteiger partial charge in [-0.2, -0.15) is 0 Å². The Labute approximate surface area is 100 Å². The molecule has 92 valence electrons. The molecule has 0 saturated heterocycles. The van der Waals surface area contributed by atoms with Crippen molar-refractivity contribution in [2.45, 2.75) is 31.1 Å². The first kappa shape index (κ1) is 10.7. The molecule has 1 saturated carbocycles. The number of hydrogen-bond donors (Lipinski definition) is 2. The van der Waals surface area contributed by atoms with Gasteiger partial charge < -0.3 is 20.3 Å². The Hall–Kier alpha value is -1.42. The summed E-state index contributed by atoms with van der Waals surface area (Å²) in [6, 6.07) is 3.76. The minimum Gasteiger partial charge on any atom is -0.504 e. The lowest BCUT2D eigenvalue weighted by Gasteiger charge is -2.28. The van der Waals surface area contributed by atoms with Crippen molar-refractivity contribution >= 4 is 0 Å². The molecule has 0 bridgehead atoms. The molecule has 0 amide bonds. The molecule has 0 aromatic heterocycles.